The van der Waals surface area contributed by atoms with Crippen molar-refractivity contribution in [3.63, 3.8) is 0 Å². The Morgan fingerprint density at radius 1 is 1.06 bits per heavy atom. The van der Waals surface area contributed by atoms with Crippen molar-refractivity contribution in [1.29, 1.82) is 0 Å². The lowest BCUT2D eigenvalue weighted by atomic mass is 10.2. The molecule has 158 valence electrons. The minimum Gasteiger partial charge on any atom is -0.496 e. The third kappa shape index (κ3) is 4.86. The summed E-state index contributed by atoms with van der Waals surface area (Å²) in [6.45, 7) is 0. The van der Waals surface area contributed by atoms with Gasteiger partial charge in [0.15, 0.2) is 11.0 Å². The van der Waals surface area contributed by atoms with E-state index >= 15 is 0 Å². The molecule has 0 saturated carbocycles. The Morgan fingerprint density at radius 2 is 1.84 bits per heavy atom. The number of methoxy groups -OCH3 is 1. The van der Waals surface area contributed by atoms with Gasteiger partial charge in [-0.3, -0.25) is 0 Å². The van der Waals surface area contributed by atoms with Gasteiger partial charge >= 0.3 is 0 Å². The number of hydrogen-bond donors (Lipinski definition) is 2. The fourth-order valence-electron chi connectivity index (χ4n) is 2.85. The first-order chi connectivity index (χ1) is 15.0. The number of thioether (sulfide) groups is 1. The van der Waals surface area contributed by atoms with Gasteiger partial charge in [0.2, 0.25) is 11.9 Å². The van der Waals surface area contributed by atoms with E-state index in [9.17, 15) is 0 Å². The van der Waals surface area contributed by atoms with Crippen LogP contribution < -0.4 is 15.8 Å². The summed E-state index contributed by atoms with van der Waals surface area (Å²) in [7, 11) is 3.53. The minimum absolute atomic E-state index is 0.134. The van der Waals surface area contributed by atoms with Crippen LogP contribution >= 0.6 is 23.4 Å². The van der Waals surface area contributed by atoms with Gasteiger partial charge in [-0.25, -0.2) is 0 Å². The van der Waals surface area contributed by atoms with E-state index in [1.807, 2.05) is 48.0 Å². The van der Waals surface area contributed by atoms with Crippen LogP contribution in [0.3, 0.4) is 0 Å². The Balaban J connectivity index is 1.50. The molecule has 0 atom stereocenters. The third-order valence-corrected chi connectivity index (χ3v) is 5.58. The summed E-state index contributed by atoms with van der Waals surface area (Å²) in [5.74, 6) is 2.90. The second-order valence-corrected chi connectivity index (χ2v) is 7.80. The molecule has 0 radical (unpaired) electrons. The molecule has 0 aliphatic heterocycles. The molecule has 4 rings (SSSR count). The van der Waals surface area contributed by atoms with Crippen molar-refractivity contribution in [2.24, 2.45) is 7.05 Å². The predicted octanol–water partition coefficient (Wildman–Crippen LogP) is 3.95. The van der Waals surface area contributed by atoms with E-state index in [0.29, 0.717) is 33.5 Å². The van der Waals surface area contributed by atoms with Crippen LogP contribution in [-0.2, 0) is 12.8 Å². The highest BCUT2D eigenvalue weighted by Crippen LogP contribution is 2.30. The summed E-state index contributed by atoms with van der Waals surface area (Å²) in [4.78, 5) is 12.8. The minimum atomic E-state index is 0.134. The normalized spacial score (nSPS) is 10.8. The Morgan fingerprint density at radius 3 is 2.61 bits per heavy atom. The van der Waals surface area contributed by atoms with Gasteiger partial charge in [0.05, 0.1) is 18.4 Å². The number of anilines is 3. The second-order valence-electron chi connectivity index (χ2n) is 6.42. The quantitative estimate of drug-likeness (QED) is 0.400. The Hall–Kier alpha value is -3.37. The van der Waals surface area contributed by atoms with Crippen LogP contribution in [0.25, 0.3) is 11.4 Å². The van der Waals surface area contributed by atoms with E-state index in [0.717, 1.165) is 17.0 Å². The van der Waals surface area contributed by atoms with Crippen molar-refractivity contribution in [3.8, 4) is 17.1 Å². The van der Waals surface area contributed by atoms with Gasteiger partial charge in [-0.2, -0.15) is 15.0 Å². The maximum atomic E-state index is 5.92. The van der Waals surface area contributed by atoms with Crippen LogP contribution in [0.15, 0.2) is 53.7 Å². The molecular formula is C20H19ClN8OS. The summed E-state index contributed by atoms with van der Waals surface area (Å²) >= 11 is 7.37. The topological polar surface area (TPSA) is 117 Å². The number of benzene rings is 2. The Kier molecular flexibility index (Phi) is 6.19. The van der Waals surface area contributed by atoms with Crippen LogP contribution in [0.1, 0.15) is 5.82 Å². The molecule has 0 unspecified atom stereocenters. The number of nitrogens with one attached hydrogen (secondary N) is 1. The monoisotopic (exact) mass is 454 g/mol. The number of nitrogens with two attached hydrogens (primary N) is 1. The smallest absolute Gasteiger partial charge is 0.232 e. The maximum Gasteiger partial charge on any atom is 0.232 e. The third-order valence-electron chi connectivity index (χ3n) is 4.31. The molecule has 4 aromatic rings. The number of ether oxygens (including phenoxy) is 1. The fourth-order valence-corrected chi connectivity index (χ4v) is 3.75. The first-order valence-electron chi connectivity index (χ1n) is 9.22. The first-order valence-corrected chi connectivity index (χ1v) is 10.6. The second kappa shape index (κ2) is 9.19. The predicted molar refractivity (Wildman–Crippen MR) is 122 cm³/mol. The lowest BCUT2D eigenvalue weighted by Crippen LogP contribution is -2.06. The summed E-state index contributed by atoms with van der Waals surface area (Å²) in [6.07, 6.45) is 0. The van der Waals surface area contributed by atoms with E-state index in [1.54, 1.807) is 19.2 Å². The van der Waals surface area contributed by atoms with Crippen molar-refractivity contribution in [1.82, 2.24) is 29.7 Å². The standard InChI is InChI=1S/C20H19ClN8OS/c1-29-17(14-5-3-4-6-15(14)30-2)27-28-20(29)31-11-16-24-18(22)26-19(25-16)23-13-9-7-12(21)8-10-13/h3-10H,11H2,1-2H3,(H3,22,23,24,25,26). The molecular weight excluding hydrogens is 436 g/mol. The molecule has 2 aromatic heterocycles. The summed E-state index contributed by atoms with van der Waals surface area (Å²) in [6, 6.07) is 14.9. The zero-order valence-electron chi connectivity index (χ0n) is 16.8. The number of nitrogens with zero attached hydrogens (tertiary/aromatic N) is 6. The van der Waals surface area contributed by atoms with Gasteiger partial charge < -0.3 is 20.4 Å². The lowest BCUT2D eigenvalue weighted by Gasteiger charge is -2.09. The molecule has 2 aromatic carbocycles. The lowest BCUT2D eigenvalue weighted by molar-refractivity contribution is 0.416. The van der Waals surface area contributed by atoms with Crippen molar-refractivity contribution in [3.05, 3.63) is 59.4 Å². The van der Waals surface area contributed by atoms with Crippen molar-refractivity contribution >= 4 is 40.9 Å². The average Bonchev–Trinajstić information content (AvgIpc) is 3.13. The van der Waals surface area contributed by atoms with E-state index in [-0.39, 0.29) is 5.95 Å². The Bertz CT molecular complexity index is 1200. The highest BCUT2D eigenvalue weighted by Gasteiger charge is 2.15. The molecule has 0 amide bonds. The molecule has 0 fully saturated rings. The highest BCUT2D eigenvalue weighted by atomic mass is 35.5. The van der Waals surface area contributed by atoms with Crippen LogP contribution in [0.4, 0.5) is 17.6 Å². The number of aromatic nitrogens is 6. The molecule has 0 saturated heterocycles. The van der Waals surface area contributed by atoms with Gasteiger partial charge in [-0.15, -0.1) is 10.2 Å². The maximum absolute atomic E-state index is 5.92. The van der Waals surface area contributed by atoms with Crippen molar-refractivity contribution < 1.29 is 4.74 Å². The molecule has 0 aliphatic carbocycles. The number of para-hydroxylation sites is 1. The molecule has 11 heteroatoms. The number of halogens is 1. The molecule has 0 aliphatic rings. The number of nitrogen functional groups attached to an aromatic ring is 1. The molecule has 0 spiro atoms. The SMILES string of the molecule is COc1ccccc1-c1nnc(SCc2nc(N)nc(Nc3ccc(Cl)cc3)n2)n1C. The molecule has 0 bridgehead atoms. The fraction of sp³-hybridized carbons (Fsp3) is 0.150. The summed E-state index contributed by atoms with van der Waals surface area (Å²) in [5, 5.41) is 13.1. The summed E-state index contributed by atoms with van der Waals surface area (Å²) in [5.41, 5.74) is 7.53. The average molecular weight is 455 g/mol. The van der Waals surface area contributed by atoms with Crippen molar-refractivity contribution in [2.75, 3.05) is 18.2 Å². The number of rotatable bonds is 7. The Labute approximate surface area is 188 Å². The molecule has 2 heterocycles. The van der Waals surface area contributed by atoms with Crippen LogP contribution in [0, 0.1) is 0 Å². The van der Waals surface area contributed by atoms with Crippen LogP contribution in [-0.4, -0.2) is 36.8 Å². The molecule has 31 heavy (non-hydrogen) atoms. The van der Waals surface area contributed by atoms with Crippen molar-refractivity contribution in [2.45, 2.75) is 10.9 Å². The van der Waals surface area contributed by atoms with Gasteiger partial charge in [-0.05, 0) is 36.4 Å². The van der Waals surface area contributed by atoms with E-state index in [2.05, 4.69) is 30.5 Å². The first kappa shape index (κ1) is 20.9. The van der Waals surface area contributed by atoms with Gasteiger partial charge in [-0.1, -0.05) is 35.5 Å². The largest absolute Gasteiger partial charge is 0.496 e. The van der Waals surface area contributed by atoms with Gasteiger partial charge in [0, 0.05) is 17.8 Å². The molecule has 9 nitrogen and oxygen atoms in total. The zero-order chi connectivity index (χ0) is 21.8. The van der Waals surface area contributed by atoms with E-state index in [1.165, 1.54) is 11.8 Å². The van der Waals surface area contributed by atoms with E-state index < -0.39 is 0 Å². The van der Waals surface area contributed by atoms with Gasteiger partial charge in [0.1, 0.15) is 11.6 Å². The van der Waals surface area contributed by atoms with E-state index in [4.69, 9.17) is 22.1 Å². The number of hydrogen-bond acceptors (Lipinski definition) is 9. The summed E-state index contributed by atoms with van der Waals surface area (Å²) < 4.78 is 7.33. The zero-order valence-corrected chi connectivity index (χ0v) is 18.4. The highest BCUT2D eigenvalue weighted by molar-refractivity contribution is 7.98. The van der Waals surface area contributed by atoms with Crippen LogP contribution in [0.2, 0.25) is 5.02 Å². The molecule has 3 N–H and O–H groups in total. The van der Waals surface area contributed by atoms with Crippen LogP contribution in [0.5, 0.6) is 5.75 Å². The van der Waals surface area contributed by atoms with Gasteiger partial charge in [0.25, 0.3) is 0 Å².